The monoisotopic (exact) mass is 426 g/mol. The summed E-state index contributed by atoms with van der Waals surface area (Å²) in [5.41, 5.74) is 4.44. The number of amides is 1. The number of fused-ring (bicyclic) bond motifs is 1. The van der Waals surface area contributed by atoms with Crippen LogP contribution in [0.2, 0.25) is 0 Å². The van der Waals surface area contributed by atoms with Gasteiger partial charge in [0.15, 0.2) is 0 Å². The average Bonchev–Trinajstić information content (AvgIpc) is 3.11. The molecule has 0 aliphatic carbocycles. The number of nitrogens with zero attached hydrogens (tertiary/aromatic N) is 3. The first-order valence-electron chi connectivity index (χ1n) is 10.6. The van der Waals surface area contributed by atoms with E-state index in [0.717, 1.165) is 30.9 Å². The van der Waals surface area contributed by atoms with Gasteiger partial charge >= 0.3 is 0 Å². The van der Waals surface area contributed by atoms with Crippen LogP contribution in [0.25, 0.3) is 0 Å². The lowest BCUT2D eigenvalue weighted by atomic mass is 9.90. The van der Waals surface area contributed by atoms with Crippen molar-refractivity contribution in [3.8, 4) is 0 Å². The Morgan fingerprint density at radius 1 is 1.06 bits per heavy atom. The molecule has 3 aromatic carbocycles. The summed E-state index contributed by atoms with van der Waals surface area (Å²) in [6, 6.07) is 22.0. The molecule has 0 saturated carbocycles. The first-order chi connectivity index (χ1) is 15.6. The van der Waals surface area contributed by atoms with Crippen LogP contribution in [0.3, 0.4) is 0 Å². The summed E-state index contributed by atoms with van der Waals surface area (Å²) < 4.78 is 0. The average molecular weight is 426 g/mol. The molecule has 0 aromatic heterocycles. The summed E-state index contributed by atoms with van der Waals surface area (Å²) in [5, 5.41) is 14.2. The normalized spacial score (nSPS) is 18.1. The third-order valence-electron chi connectivity index (χ3n) is 5.96. The maximum absolute atomic E-state index is 13.0. The summed E-state index contributed by atoms with van der Waals surface area (Å²) >= 11 is 0. The van der Waals surface area contributed by atoms with Crippen LogP contribution in [0.15, 0.2) is 77.8 Å². The molecule has 5 rings (SSSR count). The van der Waals surface area contributed by atoms with Gasteiger partial charge in [-0.3, -0.25) is 24.8 Å². The number of hydrogen-bond acceptors (Lipinski definition) is 5. The number of nitro groups is 1. The van der Waals surface area contributed by atoms with Crippen molar-refractivity contribution in [1.82, 2.24) is 4.90 Å². The molecule has 2 heterocycles. The zero-order valence-electron chi connectivity index (χ0n) is 17.4. The quantitative estimate of drug-likeness (QED) is 0.353. The Bertz CT molecular complexity index is 1200. The number of non-ortho nitro benzene ring substituents is 1. The minimum absolute atomic E-state index is 0.0481. The fourth-order valence-corrected chi connectivity index (χ4v) is 4.15. The number of rotatable bonds is 6. The SMILES string of the molecule is O=C1Nc2ccc([N+](=O)[O-])cc2C1C(=Nc1ccc(CN2CCC2)cc1)c1ccccc1. The summed E-state index contributed by atoms with van der Waals surface area (Å²) in [6.07, 6.45) is 1.26. The number of carbonyl (C=O) groups is 1. The van der Waals surface area contributed by atoms with E-state index in [1.54, 1.807) is 6.07 Å². The molecule has 0 radical (unpaired) electrons. The van der Waals surface area contributed by atoms with Gasteiger partial charge < -0.3 is 5.32 Å². The molecular weight excluding hydrogens is 404 g/mol. The number of benzene rings is 3. The Morgan fingerprint density at radius 2 is 1.81 bits per heavy atom. The van der Waals surface area contributed by atoms with E-state index in [1.807, 2.05) is 42.5 Å². The molecule has 0 bridgehead atoms. The molecule has 160 valence electrons. The Balaban J connectivity index is 1.55. The third kappa shape index (κ3) is 3.90. The van der Waals surface area contributed by atoms with Crippen molar-refractivity contribution < 1.29 is 9.72 Å². The molecule has 2 aliphatic rings. The van der Waals surface area contributed by atoms with E-state index in [9.17, 15) is 14.9 Å². The highest BCUT2D eigenvalue weighted by atomic mass is 16.6. The van der Waals surface area contributed by atoms with Crippen LogP contribution in [0.5, 0.6) is 0 Å². The molecule has 0 spiro atoms. The van der Waals surface area contributed by atoms with Crippen molar-refractivity contribution in [2.24, 2.45) is 4.99 Å². The minimum Gasteiger partial charge on any atom is -0.325 e. The van der Waals surface area contributed by atoms with E-state index in [4.69, 9.17) is 4.99 Å². The van der Waals surface area contributed by atoms with Gasteiger partial charge in [0.2, 0.25) is 5.91 Å². The molecule has 7 heteroatoms. The zero-order valence-corrected chi connectivity index (χ0v) is 17.4. The van der Waals surface area contributed by atoms with Crippen LogP contribution >= 0.6 is 0 Å². The van der Waals surface area contributed by atoms with Gasteiger partial charge in [-0.25, -0.2) is 0 Å². The molecule has 1 atom stereocenters. The lowest BCUT2D eigenvalue weighted by molar-refractivity contribution is -0.384. The largest absolute Gasteiger partial charge is 0.325 e. The molecule has 1 N–H and O–H groups in total. The predicted molar refractivity (Wildman–Crippen MR) is 123 cm³/mol. The van der Waals surface area contributed by atoms with Gasteiger partial charge in [-0.15, -0.1) is 0 Å². The number of carbonyl (C=O) groups excluding carboxylic acids is 1. The van der Waals surface area contributed by atoms with Crippen molar-refractivity contribution >= 4 is 28.7 Å². The number of anilines is 1. The van der Waals surface area contributed by atoms with Crippen LogP contribution in [0.1, 0.15) is 29.0 Å². The summed E-state index contributed by atoms with van der Waals surface area (Å²) in [6.45, 7) is 3.21. The van der Waals surface area contributed by atoms with Crippen molar-refractivity contribution in [3.05, 3.63) is 99.6 Å². The maximum atomic E-state index is 13.0. The zero-order chi connectivity index (χ0) is 22.1. The van der Waals surface area contributed by atoms with Crippen molar-refractivity contribution in [3.63, 3.8) is 0 Å². The van der Waals surface area contributed by atoms with Gasteiger partial charge in [-0.1, -0.05) is 42.5 Å². The number of likely N-dealkylation sites (tertiary alicyclic amines) is 1. The van der Waals surface area contributed by atoms with Crippen LogP contribution in [-0.4, -0.2) is 34.5 Å². The van der Waals surface area contributed by atoms with Gasteiger partial charge in [0.1, 0.15) is 5.92 Å². The van der Waals surface area contributed by atoms with Crippen LogP contribution < -0.4 is 5.32 Å². The molecule has 1 amide bonds. The van der Waals surface area contributed by atoms with E-state index in [-0.39, 0.29) is 11.6 Å². The Labute approximate surface area is 185 Å². The maximum Gasteiger partial charge on any atom is 0.269 e. The third-order valence-corrected chi connectivity index (χ3v) is 5.96. The smallest absolute Gasteiger partial charge is 0.269 e. The minimum atomic E-state index is -0.729. The number of aliphatic imine (C=N–C) groups is 1. The Morgan fingerprint density at radius 3 is 2.47 bits per heavy atom. The predicted octanol–water partition coefficient (Wildman–Crippen LogP) is 4.66. The fraction of sp³-hybridized carbons (Fsp3) is 0.200. The first-order valence-corrected chi connectivity index (χ1v) is 10.6. The summed E-state index contributed by atoms with van der Waals surface area (Å²) in [4.78, 5) is 31.1. The van der Waals surface area contributed by atoms with E-state index in [0.29, 0.717) is 17.0 Å². The second-order valence-corrected chi connectivity index (χ2v) is 8.11. The van der Waals surface area contributed by atoms with Gasteiger partial charge in [0.25, 0.3) is 5.69 Å². The number of hydrogen-bond donors (Lipinski definition) is 1. The topological polar surface area (TPSA) is 87.8 Å². The molecule has 1 saturated heterocycles. The highest BCUT2D eigenvalue weighted by molar-refractivity contribution is 6.24. The van der Waals surface area contributed by atoms with Crippen molar-refractivity contribution in [2.45, 2.75) is 18.9 Å². The van der Waals surface area contributed by atoms with Crippen LogP contribution in [0, 0.1) is 10.1 Å². The number of nitro benzene ring substituents is 1. The summed E-state index contributed by atoms with van der Waals surface area (Å²) in [5.74, 6) is -0.967. The molecule has 3 aromatic rings. The Hall–Kier alpha value is -3.84. The standard InChI is InChI=1S/C25H22N4O3/c30-25-23(21-15-20(29(31)32)11-12-22(21)27-25)24(18-5-2-1-3-6-18)26-19-9-7-17(8-10-19)16-28-13-4-14-28/h1-3,5-12,15,23H,4,13-14,16H2,(H,27,30). The van der Waals surface area contributed by atoms with Gasteiger partial charge in [0.05, 0.1) is 16.3 Å². The second kappa shape index (κ2) is 8.36. The van der Waals surface area contributed by atoms with Crippen LogP contribution in [0.4, 0.5) is 17.1 Å². The number of nitrogens with one attached hydrogen (secondary N) is 1. The molecule has 7 nitrogen and oxygen atoms in total. The van der Waals surface area contributed by atoms with E-state index in [2.05, 4.69) is 22.3 Å². The summed E-state index contributed by atoms with van der Waals surface area (Å²) in [7, 11) is 0. The van der Waals surface area contributed by atoms with Gasteiger partial charge in [-0.2, -0.15) is 0 Å². The Kier molecular flexibility index (Phi) is 5.25. The highest BCUT2D eigenvalue weighted by Gasteiger charge is 2.36. The molecule has 2 aliphatic heterocycles. The second-order valence-electron chi connectivity index (χ2n) is 8.11. The van der Waals surface area contributed by atoms with Crippen LogP contribution in [-0.2, 0) is 11.3 Å². The highest BCUT2D eigenvalue weighted by Crippen LogP contribution is 2.38. The molecule has 1 fully saturated rings. The molecule has 32 heavy (non-hydrogen) atoms. The molecular formula is C25H22N4O3. The lowest BCUT2D eigenvalue weighted by Gasteiger charge is -2.30. The fourth-order valence-electron chi connectivity index (χ4n) is 4.15. The first kappa shape index (κ1) is 20.1. The van der Waals surface area contributed by atoms with E-state index < -0.39 is 10.8 Å². The van der Waals surface area contributed by atoms with E-state index in [1.165, 1.54) is 24.1 Å². The van der Waals surface area contributed by atoms with Crippen molar-refractivity contribution in [2.75, 3.05) is 18.4 Å². The lowest BCUT2D eigenvalue weighted by Crippen LogP contribution is -2.36. The van der Waals surface area contributed by atoms with Gasteiger partial charge in [0, 0.05) is 29.9 Å². The molecule has 1 unspecified atom stereocenters. The van der Waals surface area contributed by atoms with Gasteiger partial charge in [-0.05, 0) is 48.8 Å². The van der Waals surface area contributed by atoms with E-state index >= 15 is 0 Å². The van der Waals surface area contributed by atoms with Crippen molar-refractivity contribution in [1.29, 1.82) is 0 Å².